The van der Waals surface area contributed by atoms with E-state index in [0.29, 0.717) is 0 Å². The Bertz CT molecular complexity index is 498. The maximum atomic E-state index is 9.31. The Morgan fingerprint density at radius 3 is 2.74 bits per heavy atom. The molecule has 1 heterocycles. The van der Waals surface area contributed by atoms with E-state index in [2.05, 4.69) is 41.5 Å². The fraction of sp³-hybridized carbons (Fsp3) is 0.562. The predicted octanol–water partition coefficient (Wildman–Crippen LogP) is 3.05. The molecule has 3 rings (SSSR count). The standard InChI is InChI=1S/C16H20N2S/c1-19-16(12-17)6-8-18(9-7-16)11-14-10-13-4-2-3-5-15(13)14/h2-5,14H,6-11H2,1H3. The van der Waals surface area contributed by atoms with Crippen LogP contribution in [0, 0.1) is 11.3 Å². The lowest BCUT2D eigenvalue weighted by Crippen LogP contribution is -2.44. The van der Waals surface area contributed by atoms with Gasteiger partial charge in [0.15, 0.2) is 0 Å². The van der Waals surface area contributed by atoms with Gasteiger partial charge in [-0.1, -0.05) is 24.3 Å². The molecule has 0 bridgehead atoms. The summed E-state index contributed by atoms with van der Waals surface area (Å²) in [5, 5.41) is 9.31. The minimum Gasteiger partial charge on any atom is -0.303 e. The van der Waals surface area contributed by atoms with Crippen molar-refractivity contribution in [2.24, 2.45) is 0 Å². The molecule has 2 nitrogen and oxygen atoms in total. The van der Waals surface area contributed by atoms with Gasteiger partial charge < -0.3 is 4.90 Å². The molecular weight excluding hydrogens is 252 g/mol. The first-order valence-corrected chi connectivity index (χ1v) is 8.25. The summed E-state index contributed by atoms with van der Waals surface area (Å²) in [7, 11) is 0. The van der Waals surface area contributed by atoms with Crippen LogP contribution in [0.1, 0.15) is 29.9 Å². The fourth-order valence-electron chi connectivity index (χ4n) is 3.30. The van der Waals surface area contributed by atoms with Crippen LogP contribution >= 0.6 is 11.8 Å². The van der Waals surface area contributed by atoms with Crippen molar-refractivity contribution in [3.8, 4) is 6.07 Å². The Morgan fingerprint density at radius 2 is 2.11 bits per heavy atom. The molecule has 2 aliphatic rings. The second-order valence-corrected chi connectivity index (χ2v) is 6.90. The van der Waals surface area contributed by atoms with Gasteiger partial charge in [0.25, 0.3) is 0 Å². The van der Waals surface area contributed by atoms with Crippen molar-refractivity contribution in [3.63, 3.8) is 0 Å². The van der Waals surface area contributed by atoms with E-state index in [1.165, 1.54) is 18.5 Å². The van der Waals surface area contributed by atoms with E-state index in [9.17, 15) is 5.26 Å². The Labute approximate surface area is 119 Å². The van der Waals surface area contributed by atoms with Crippen LogP contribution in [-0.4, -0.2) is 35.5 Å². The highest BCUT2D eigenvalue weighted by Crippen LogP contribution is 2.38. The monoisotopic (exact) mass is 272 g/mol. The molecule has 0 spiro atoms. The molecule has 0 amide bonds. The van der Waals surface area contributed by atoms with Gasteiger partial charge in [-0.15, -0.1) is 11.8 Å². The zero-order chi connectivity index (χ0) is 13.3. The highest BCUT2D eigenvalue weighted by atomic mass is 32.2. The van der Waals surface area contributed by atoms with Crippen molar-refractivity contribution in [3.05, 3.63) is 35.4 Å². The van der Waals surface area contributed by atoms with Gasteiger partial charge in [-0.05, 0) is 36.6 Å². The molecule has 1 atom stereocenters. The lowest BCUT2D eigenvalue weighted by Gasteiger charge is -2.40. The van der Waals surface area contributed by atoms with Crippen LogP contribution in [0.5, 0.6) is 0 Å². The zero-order valence-corrected chi connectivity index (χ0v) is 12.2. The van der Waals surface area contributed by atoms with E-state index in [-0.39, 0.29) is 4.75 Å². The molecule has 19 heavy (non-hydrogen) atoms. The van der Waals surface area contributed by atoms with Crippen LogP contribution in [0.2, 0.25) is 0 Å². The van der Waals surface area contributed by atoms with Crippen LogP contribution in [0.3, 0.4) is 0 Å². The number of nitriles is 1. The third-order valence-corrected chi connectivity index (χ3v) is 5.98. The molecule has 1 unspecified atom stereocenters. The molecule has 1 fully saturated rings. The fourth-order valence-corrected chi connectivity index (χ4v) is 3.98. The first-order valence-electron chi connectivity index (χ1n) is 7.03. The zero-order valence-electron chi connectivity index (χ0n) is 11.4. The Morgan fingerprint density at radius 1 is 1.37 bits per heavy atom. The quantitative estimate of drug-likeness (QED) is 0.846. The summed E-state index contributed by atoms with van der Waals surface area (Å²) in [6.45, 7) is 3.33. The van der Waals surface area contributed by atoms with Crippen molar-refractivity contribution in [1.82, 2.24) is 4.90 Å². The molecule has 3 heteroatoms. The molecule has 1 saturated heterocycles. The van der Waals surface area contributed by atoms with Crippen LogP contribution in [-0.2, 0) is 6.42 Å². The van der Waals surface area contributed by atoms with Crippen molar-refractivity contribution < 1.29 is 0 Å². The number of likely N-dealkylation sites (tertiary alicyclic amines) is 1. The second-order valence-electron chi connectivity index (χ2n) is 5.71. The molecule has 1 aliphatic carbocycles. The molecule has 0 radical (unpaired) electrons. The summed E-state index contributed by atoms with van der Waals surface area (Å²) in [5.41, 5.74) is 3.07. The highest BCUT2D eigenvalue weighted by molar-refractivity contribution is 8.00. The first kappa shape index (κ1) is 13.0. The number of fused-ring (bicyclic) bond motifs is 1. The normalized spacial score (nSPS) is 25.2. The highest BCUT2D eigenvalue weighted by Gasteiger charge is 2.35. The molecule has 0 N–H and O–H groups in total. The van der Waals surface area contributed by atoms with Gasteiger partial charge >= 0.3 is 0 Å². The van der Waals surface area contributed by atoms with Crippen molar-refractivity contribution >= 4 is 11.8 Å². The van der Waals surface area contributed by atoms with Gasteiger partial charge in [-0.25, -0.2) is 0 Å². The van der Waals surface area contributed by atoms with Crippen molar-refractivity contribution in [1.29, 1.82) is 5.26 Å². The number of nitrogens with zero attached hydrogens (tertiary/aromatic N) is 2. The lowest BCUT2D eigenvalue weighted by molar-refractivity contribution is 0.199. The second kappa shape index (κ2) is 5.19. The Hall–Kier alpha value is -0.980. The number of piperidine rings is 1. The van der Waals surface area contributed by atoms with E-state index in [4.69, 9.17) is 0 Å². The number of thioether (sulfide) groups is 1. The van der Waals surface area contributed by atoms with Crippen LogP contribution < -0.4 is 0 Å². The molecule has 100 valence electrons. The van der Waals surface area contributed by atoms with Gasteiger partial charge in [-0.3, -0.25) is 0 Å². The number of rotatable bonds is 3. The minimum absolute atomic E-state index is 0.117. The van der Waals surface area contributed by atoms with E-state index in [1.54, 1.807) is 17.3 Å². The van der Waals surface area contributed by atoms with Crippen LogP contribution in [0.4, 0.5) is 0 Å². The summed E-state index contributed by atoms with van der Waals surface area (Å²) >= 11 is 1.73. The van der Waals surface area contributed by atoms with E-state index in [1.807, 2.05) is 0 Å². The van der Waals surface area contributed by atoms with E-state index >= 15 is 0 Å². The van der Waals surface area contributed by atoms with Crippen molar-refractivity contribution in [2.45, 2.75) is 29.9 Å². The molecular formula is C16H20N2S. The van der Waals surface area contributed by atoms with Gasteiger partial charge in [0.2, 0.25) is 0 Å². The molecule has 0 saturated carbocycles. The van der Waals surface area contributed by atoms with Gasteiger partial charge in [0.05, 0.1) is 6.07 Å². The number of benzene rings is 1. The largest absolute Gasteiger partial charge is 0.303 e. The maximum absolute atomic E-state index is 9.31. The molecule has 1 aromatic rings. The van der Waals surface area contributed by atoms with Crippen molar-refractivity contribution in [2.75, 3.05) is 25.9 Å². The summed E-state index contributed by atoms with van der Waals surface area (Å²) in [4.78, 5) is 2.55. The van der Waals surface area contributed by atoms with Gasteiger partial charge in [0.1, 0.15) is 4.75 Å². The third kappa shape index (κ3) is 2.40. The van der Waals surface area contributed by atoms with Crippen LogP contribution in [0.25, 0.3) is 0 Å². The average Bonchev–Trinajstić information content (AvgIpc) is 2.46. The third-order valence-electron chi connectivity index (χ3n) is 4.70. The summed E-state index contributed by atoms with van der Waals surface area (Å²) < 4.78 is -0.117. The summed E-state index contributed by atoms with van der Waals surface area (Å²) in [6, 6.07) is 11.3. The van der Waals surface area contributed by atoms with Gasteiger partial charge in [-0.2, -0.15) is 5.26 Å². The lowest BCUT2D eigenvalue weighted by atomic mass is 9.77. The number of hydrogen-bond donors (Lipinski definition) is 0. The maximum Gasteiger partial charge on any atom is 0.104 e. The first-order chi connectivity index (χ1) is 9.26. The summed E-state index contributed by atoms with van der Waals surface area (Å²) in [5.74, 6) is 0.722. The molecule has 0 aromatic heterocycles. The smallest absolute Gasteiger partial charge is 0.104 e. The van der Waals surface area contributed by atoms with E-state index in [0.717, 1.165) is 31.8 Å². The Balaban J connectivity index is 1.56. The predicted molar refractivity (Wildman–Crippen MR) is 80.4 cm³/mol. The SMILES string of the molecule is CSC1(C#N)CCN(CC2Cc3ccccc32)CC1. The summed E-state index contributed by atoms with van der Waals surface area (Å²) in [6.07, 6.45) is 5.33. The van der Waals surface area contributed by atoms with E-state index < -0.39 is 0 Å². The van der Waals surface area contributed by atoms with Gasteiger partial charge in [0, 0.05) is 25.6 Å². The number of hydrogen-bond acceptors (Lipinski definition) is 3. The van der Waals surface area contributed by atoms with Crippen LogP contribution in [0.15, 0.2) is 24.3 Å². The minimum atomic E-state index is -0.117. The molecule has 1 aromatic carbocycles. The average molecular weight is 272 g/mol. The Kier molecular flexibility index (Phi) is 3.56. The molecule has 1 aliphatic heterocycles. The topological polar surface area (TPSA) is 27.0 Å².